The molecule has 1 aromatic carbocycles. The van der Waals surface area contributed by atoms with E-state index in [1.807, 2.05) is 0 Å². The molecule has 0 aliphatic heterocycles. The number of benzene rings is 1. The highest BCUT2D eigenvalue weighted by molar-refractivity contribution is 5.68. The summed E-state index contributed by atoms with van der Waals surface area (Å²) in [6, 6.07) is 3.07. The second kappa shape index (κ2) is 5.13. The normalized spacial score (nSPS) is 14.9. The molecule has 0 N–H and O–H groups in total. The summed E-state index contributed by atoms with van der Waals surface area (Å²) >= 11 is 0. The van der Waals surface area contributed by atoms with E-state index in [2.05, 4.69) is 4.98 Å². The van der Waals surface area contributed by atoms with Gasteiger partial charge in [-0.3, -0.25) is 4.98 Å². The van der Waals surface area contributed by atoms with Crippen LogP contribution in [0.25, 0.3) is 11.1 Å². The van der Waals surface area contributed by atoms with E-state index in [0.717, 1.165) is 54.5 Å². The molecule has 0 radical (unpaired) electrons. The quantitative estimate of drug-likeness (QED) is 0.690. The van der Waals surface area contributed by atoms with Gasteiger partial charge in [-0.05, 0) is 54.5 Å². The molecule has 0 amide bonds. The maximum absolute atomic E-state index is 13.7. The number of halogens is 4. The highest BCUT2D eigenvalue weighted by Crippen LogP contribution is 2.35. The minimum atomic E-state index is -4.67. The third-order valence-electron chi connectivity index (χ3n) is 3.86. The van der Waals surface area contributed by atoms with Crippen LogP contribution in [0.4, 0.5) is 17.6 Å². The van der Waals surface area contributed by atoms with Gasteiger partial charge < -0.3 is 0 Å². The Morgan fingerprint density at radius 1 is 1.00 bits per heavy atom. The van der Waals surface area contributed by atoms with Crippen molar-refractivity contribution in [3.63, 3.8) is 0 Å². The lowest BCUT2D eigenvalue weighted by atomic mass is 9.87. The Bertz CT molecular complexity index is 676. The molecule has 0 spiro atoms. The lowest BCUT2D eigenvalue weighted by Crippen LogP contribution is -2.09. The topological polar surface area (TPSA) is 12.9 Å². The third-order valence-corrected chi connectivity index (χ3v) is 3.86. The van der Waals surface area contributed by atoms with Crippen LogP contribution in [0.5, 0.6) is 0 Å². The summed E-state index contributed by atoms with van der Waals surface area (Å²) < 4.78 is 51.5. The van der Waals surface area contributed by atoms with Gasteiger partial charge in [-0.1, -0.05) is 6.07 Å². The molecule has 3 rings (SSSR count). The van der Waals surface area contributed by atoms with E-state index in [1.54, 1.807) is 12.4 Å². The first kappa shape index (κ1) is 14.0. The van der Waals surface area contributed by atoms with Gasteiger partial charge >= 0.3 is 6.18 Å². The summed E-state index contributed by atoms with van der Waals surface area (Å²) in [5, 5.41) is 0. The van der Waals surface area contributed by atoms with Crippen LogP contribution in [0, 0.1) is 5.82 Å². The van der Waals surface area contributed by atoms with Gasteiger partial charge in [0.25, 0.3) is 0 Å². The second-order valence-electron chi connectivity index (χ2n) is 5.22. The van der Waals surface area contributed by atoms with E-state index in [4.69, 9.17) is 0 Å². The Morgan fingerprint density at radius 3 is 2.48 bits per heavy atom. The summed E-state index contributed by atoms with van der Waals surface area (Å²) in [6.07, 6.45) is 2.61. The van der Waals surface area contributed by atoms with Gasteiger partial charge in [0.05, 0.1) is 5.56 Å². The highest BCUT2D eigenvalue weighted by atomic mass is 19.4. The lowest BCUT2D eigenvalue weighted by molar-refractivity contribution is -0.139. The van der Waals surface area contributed by atoms with Crippen molar-refractivity contribution < 1.29 is 17.6 Å². The molecule has 0 saturated heterocycles. The van der Waals surface area contributed by atoms with Crippen molar-refractivity contribution in [1.29, 1.82) is 0 Å². The lowest BCUT2D eigenvalue weighted by Gasteiger charge is -2.19. The number of aromatic nitrogens is 1. The van der Waals surface area contributed by atoms with Crippen LogP contribution in [0.2, 0.25) is 0 Å². The average molecular weight is 295 g/mol. The molecule has 1 aliphatic carbocycles. The Morgan fingerprint density at radius 2 is 1.76 bits per heavy atom. The molecule has 5 heteroatoms. The molecule has 1 heterocycles. The van der Waals surface area contributed by atoms with Crippen LogP contribution in [-0.4, -0.2) is 4.98 Å². The van der Waals surface area contributed by atoms with E-state index in [1.165, 1.54) is 6.07 Å². The van der Waals surface area contributed by atoms with Gasteiger partial charge in [-0.2, -0.15) is 13.2 Å². The molecule has 0 atom stereocenters. The first-order valence-electron chi connectivity index (χ1n) is 6.79. The van der Waals surface area contributed by atoms with Gasteiger partial charge in [0.15, 0.2) is 0 Å². The number of hydrogen-bond donors (Lipinski definition) is 0. The number of hydrogen-bond acceptors (Lipinski definition) is 1. The number of aryl methyl sites for hydroxylation is 1. The molecule has 0 bridgehead atoms. The Balaban J connectivity index is 2.08. The molecule has 21 heavy (non-hydrogen) atoms. The Hall–Kier alpha value is -1.91. The fourth-order valence-electron chi connectivity index (χ4n) is 2.82. The van der Waals surface area contributed by atoms with Gasteiger partial charge in [0.2, 0.25) is 0 Å². The van der Waals surface area contributed by atoms with Crippen LogP contribution in [-0.2, 0) is 19.0 Å². The molecule has 110 valence electrons. The summed E-state index contributed by atoms with van der Waals surface area (Å²) in [6.45, 7) is 0. The first-order valence-corrected chi connectivity index (χ1v) is 6.79. The molecule has 1 aliphatic rings. The van der Waals surface area contributed by atoms with Crippen LogP contribution in [0.1, 0.15) is 29.5 Å². The van der Waals surface area contributed by atoms with Crippen molar-refractivity contribution in [1.82, 2.24) is 4.98 Å². The molecular formula is C16H13F4N. The highest BCUT2D eigenvalue weighted by Gasteiger charge is 2.34. The fourth-order valence-corrected chi connectivity index (χ4v) is 2.82. The molecule has 0 unspecified atom stereocenters. The Kier molecular flexibility index (Phi) is 3.43. The van der Waals surface area contributed by atoms with Crippen molar-refractivity contribution in [2.24, 2.45) is 0 Å². The van der Waals surface area contributed by atoms with Crippen LogP contribution >= 0.6 is 0 Å². The van der Waals surface area contributed by atoms with Crippen molar-refractivity contribution in [2.75, 3.05) is 0 Å². The minimum Gasteiger partial charge on any atom is -0.264 e. The molecular weight excluding hydrogens is 282 g/mol. The van der Waals surface area contributed by atoms with Crippen LogP contribution < -0.4 is 0 Å². The summed E-state index contributed by atoms with van der Waals surface area (Å²) in [5.74, 6) is -1.24. The van der Waals surface area contributed by atoms with Gasteiger partial charge in [0.1, 0.15) is 5.82 Å². The molecule has 0 saturated carbocycles. The second-order valence-corrected chi connectivity index (χ2v) is 5.22. The minimum absolute atomic E-state index is 0.451. The zero-order chi connectivity index (χ0) is 15.0. The predicted molar refractivity (Wildman–Crippen MR) is 71.3 cm³/mol. The zero-order valence-electron chi connectivity index (χ0n) is 11.2. The maximum atomic E-state index is 13.7. The molecule has 1 aromatic heterocycles. The zero-order valence-corrected chi connectivity index (χ0v) is 11.2. The summed E-state index contributed by atoms with van der Waals surface area (Å²) in [7, 11) is 0. The van der Waals surface area contributed by atoms with E-state index in [-0.39, 0.29) is 0 Å². The number of rotatable bonds is 1. The number of pyridine rings is 1. The van der Waals surface area contributed by atoms with Crippen molar-refractivity contribution >= 4 is 0 Å². The van der Waals surface area contributed by atoms with E-state index in [0.29, 0.717) is 5.56 Å². The largest absolute Gasteiger partial charge is 0.419 e. The predicted octanol–water partition coefficient (Wildman–Crippen LogP) is 4.79. The standard InChI is InChI=1S/C16H13F4N/c17-15-7-10(5-6-14(15)16(18,19)20)13-9-21-8-11-3-1-2-4-12(11)13/h5-9H,1-4H2. The number of fused-ring (bicyclic) bond motifs is 1. The molecule has 0 fully saturated rings. The van der Waals surface area contributed by atoms with Crippen molar-refractivity contribution in [3.05, 3.63) is 53.1 Å². The Labute approximate surface area is 119 Å². The van der Waals surface area contributed by atoms with E-state index < -0.39 is 17.6 Å². The van der Waals surface area contributed by atoms with Crippen molar-refractivity contribution in [3.8, 4) is 11.1 Å². The SMILES string of the molecule is Fc1cc(-c2cncc3c2CCCC3)ccc1C(F)(F)F. The van der Waals surface area contributed by atoms with Gasteiger partial charge in [-0.15, -0.1) is 0 Å². The average Bonchev–Trinajstić information content (AvgIpc) is 2.45. The van der Waals surface area contributed by atoms with Gasteiger partial charge in [0, 0.05) is 18.0 Å². The molecule has 1 nitrogen and oxygen atoms in total. The monoisotopic (exact) mass is 295 g/mol. The van der Waals surface area contributed by atoms with Gasteiger partial charge in [-0.25, -0.2) is 4.39 Å². The number of nitrogens with zero attached hydrogens (tertiary/aromatic N) is 1. The molecule has 2 aromatic rings. The van der Waals surface area contributed by atoms with E-state index >= 15 is 0 Å². The summed E-state index contributed by atoms with van der Waals surface area (Å²) in [4.78, 5) is 4.13. The van der Waals surface area contributed by atoms with Crippen molar-refractivity contribution in [2.45, 2.75) is 31.9 Å². The fraction of sp³-hybridized carbons (Fsp3) is 0.312. The van der Waals surface area contributed by atoms with Crippen LogP contribution in [0.15, 0.2) is 30.6 Å². The number of alkyl halides is 3. The van der Waals surface area contributed by atoms with E-state index in [9.17, 15) is 17.6 Å². The third kappa shape index (κ3) is 2.64. The maximum Gasteiger partial charge on any atom is 0.419 e. The van der Waals surface area contributed by atoms with Crippen LogP contribution in [0.3, 0.4) is 0 Å². The first-order chi connectivity index (χ1) is 9.97. The summed E-state index contributed by atoms with van der Waals surface area (Å²) in [5.41, 5.74) is 2.14. The smallest absolute Gasteiger partial charge is 0.264 e.